The van der Waals surface area contributed by atoms with Crippen LogP contribution in [0.25, 0.3) is 10.7 Å². The molecule has 26 heavy (non-hydrogen) atoms. The molecule has 1 amide bonds. The van der Waals surface area contributed by atoms with Crippen molar-refractivity contribution in [2.75, 3.05) is 26.2 Å². The molecule has 1 saturated carbocycles. The van der Waals surface area contributed by atoms with Gasteiger partial charge in [-0.15, -0.1) is 11.3 Å². The van der Waals surface area contributed by atoms with Crippen LogP contribution in [0.3, 0.4) is 0 Å². The predicted molar refractivity (Wildman–Crippen MR) is 93.5 cm³/mol. The van der Waals surface area contributed by atoms with Crippen molar-refractivity contribution < 1.29 is 19.2 Å². The van der Waals surface area contributed by atoms with Gasteiger partial charge in [-0.3, -0.25) is 14.5 Å². The SMILES string of the molecule is CC(c1nc(-c2cccs2)no1)N1CCN(C(=O)C2(C(=O)O)CC2)CC1. The highest BCUT2D eigenvalue weighted by Crippen LogP contribution is 2.47. The highest BCUT2D eigenvalue weighted by atomic mass is 32.1. The Bertz CT molecular complexity index is 807. The van der Waals surface area contributed by atoms with E-state index in [9.17, 15) is 14.7 Å². The first kappa shape index (κ1) is 17.2. The number of nitrogens with zero attached hydrogens (tertiary/aromatic N) is 4. The Morgan fingerprint density at radius 1 is 1.31 bits per heavy atom. The lowest BCUT2D eigenvalue weighted by molar-refractivity contribution is -0.154. The van der Waals surface area contributed by atoms with E-state index in [1.165, 1.54) is 0 Å². The Balaban J connectivity index is 1.37. The number of thiophene rings is 1. The molecule has 1 N–H and O–H groups in total. The molecule has 2 aromatic heterocycles. The number of carboxylic acid groups (broad SMARTS) is 1. The van der Waals surface area contributed by atoms with E-state index in [0.717, 1.165) is 4.88 Å². The number of hydrogen-bond acceptors (Lipinski definition) is 7. The molecule has 0 bridgehead atoms. The summed E-state index contributed by atoms with van der Waals surface area (Å²) in [6.07, 6.45) is 0.899. The second-order valence-electron chi connectivity index (χ2n) is 6.82. The van der Waals surface area contributed by atoms with Crippen LogP contribution in [0.4, 0.5) is 0 Å². The highest BCUT2D eigenvalue weighted by Gasteiger charge is 2.58. The van der Waals surface area contributed by atoms with E-state index in [-0.39, 0.29) is 11.9 Å². The van der Waals surface area contributed by atoms with Gasteiger partial charge in [0, 0.05) is 26.2 Å². The summed E-state index contributed by atoms with van der Waals surface area (Å²) >= 11 is 1.56. The molecule has 3 heterocycles. The lowest BCUT2D eigenvalue weighted by Crippen LogP contribution is -2.52. The quantitative estimate of drug-likeness (QED) is 0.795. The van der Waals surface area contributed by atoms with Crippen molar-refractivity contribution in [1.29, 1.82) is 0 Å². The first-order valence-corrected chi connectivity index (χ1v) is 9.53. The average molecular weight is 376 g/mol. The van der Waals surface area contributed by atoms with Crippen molar-refractivity contribution in [2.24, 2.45) is 5.41 Å². The maximum Gasteiger partial charge on any atom is 0.319 e. The van der Waals surface area contributed by atoms with Crippen LogP contribution in [0.15, 0.2) is 22.0 Å². The number of amides is 1. The van der Waals surface area contributed by atoms with Crippen LogP contribution in [0.2, 0.25) is 0 Å². The molecular formula is C17H20N4O4S. The van der Waals surface area contributed by atoms with Crippen molar-refractivity contribution in [3.05, 3.63) is 23.4 Å². The molecule has 1 aliphatic carbocycles. The van der Waals surface area contributed by atoms with E-state index in [1.807, 2.05) is 24.4 Å². The summed E-state index contributed by atoms with van der Waals surface area (Å²) in [5, 5.41) is 15.3. The summed E-state index contributed by atoms with van der Waals surface area (Å²) in [7, 11) is 0. The molecule has 8 nitrogen and oxygen atoms in total. The van der Waals surface area contributed by atoms with Crippen molar-refractivity contribution in [3.63, 3.8) is 0 Å². The van der Waals surface area contributed by atoms with E-state index in [0.29, 0.717) is 50.7 Å². The number of carbonyl (C=O) groups is 2. The second-order valence-corrected chi connectivity index (χ2v) is 7.77. The van der Waals surface area contributed by atoms with Crippen molar-refractivity contribution in [1.82, 2.24) is 19.9 Å². The van der Waals surface area contributed by atoms with Crippen LogP contribution < -0.4 is 0 Å². The molecular weight excluding hydrogens is 356 g/mol. The molecule has 4 rings (SSSR count). The third-order valence-corrected chi connectivity index (χ3v) is 6.12. The second kappa shape index (κ2) is 6.48. The van der Waals surface area contributed by atoms with Gasteiger partial charge in [-0.1, -0.05) is 11.2 Å². The van der Waals surface area contributed by atoms with E-state index < -0.39 is 11.4 Å². The number of carboxylic acids is 1. The highest BCUT2D eigenvalue weighted by molar-refractivity contribution is 7.13. The van der Waals surface area contributed by atoms with E-state index in [2.05, 4.69) is 15.0 Å². The topological polar surface area (TPSA) is 99.8 Å². The predicted octanol–water partition coefficient (Wildman–Crippen LogP) is 1.87. The molecule has 2 fully saturated rings. The monoisotopic (exact) mass is 376 g/mol. The number of aliphatic carboxylic acids is 1. The van der Waals surface area contributed by atoms with Crippen LogP contribution in [0, 0.1) is 5.41 Å². The van der Waals surface area contributed by atoms with Gasteiger partial charge in [-0.05, 0) is 31.2 Å². The van der Waals surface area contributed by atoms with Crippen LogP contribution in [-0.2, 0) is 9.59 Å². The number of piperazine rings is 1. The summed E-state index contributed by atoms with van der Waals surface area (Å²) in [6.45, 7) is 4.34. The zero-order chi connectivity index (χ0) is 18.3. The minimum Gasteiger partial charge on any atom is -0.480 e. The number of carbonyl (C=O) groups excluding carboxylic acids is 1. The standard InChI is InChI=1S/C17H20N4O4S/c1-11(14-18-13(19-25-14)12-3-2-10-26-12)20-6-8-21(9-7-20)15(22)17(4-5-17)16(23)24/h2-3,10-11H,4-9H2,1H3,(H,23,24). The molecule has 2 aliphatic rings. The Hall–Kier alpha value is -2.26. The fourth-order valence-electron chi connectivity index (χ4n) is 3.33. The molecule has 9 heteroatoms. The van der Waals surface area contributed by atoms with E-state index in [1.54, 1.807) is 16.2 Å². The zero-order valence-electron chi connectivity index (χ0n) is 14.4. The van der Waals surface area contributed by atoms with Gasteiger partial charge in [0.2, 0.25) is 17.6 Å². The Morgan fingerprint density at radius 3 is 2.62 bits per heavy atom. The summed E-state index contributed by atoms with van der Waals surface area (Å²) < 4.78 is 5.42. The number of aromatic nitrogens is 2. The molecule has 1 atom stereocenters. The molecule has 1 saturated heterocycles. The lowest BCUT2D eigenvalue weighted by Gasteiger charge is -2.37. The average Bonchev–Trinajstić information content (AvgIpc) is 3.07. The van der Waals surface area contributed by atoms with Gasteiger partial charge in [0.1, 0.15) is 5.41 Å². The molecule has 0 aromatic carbocycles. The molecule has 138 valence electrons. The minimum atomic E-state index is -1.16. The molecule has 1 unspecified atom stereocenters. The molecule has 2 aromatic rings. The summed E-state index contributed by atoms with van der Waals surface area (Å²) in [4.78, 5) is 33.1. The van der Waals surface area contributed by atoms with Gasteiger partial charge in [0.15, 0.2) is 0 Å². The Labute approximate surface area is 154 Å². The summed E-state index contributed by atoms with van der Waals surface area (Å²) in [6, 6.07) is 3.84. The van der Waals surface area contributed by atoms with Crippen LogP contribution >= 0.6 is 11.3 Å². The summed E-state index contributed by atoms with van der Waals surface area (Å²) in [5.74, 6) is -0.0921. The maximum absolute atomic E-state index is 12.5. The van der Waals surface area contributed by atoms with Crippen LogP contribution in [-0.4, -0.2) is 63.1 Å². The van der Waals surface area contributed by atoms with Crippen molar-refractivity contribution in [2.45, 2.75) is 25.8 Å². The third-order valence-electron chi connectivity index (χ3n) is 5.26. The molecule has 1 aliphatic heterocycles. The van der Waals surface area contributed by atoms with E-state index >= 15 is 0 Å². The Morgan fingerprint density at radius 2 is 2.04 bits per heavy atom. The van der Waals surface area contributed by atoms with Gasteiger partial charge >= 0.3 is 5.97 Å². The fourth-order valence-corrected chi connectivity index (χ4v) is 3.98. The van der Waals surface area contributed by atoms with Crippen LogP contribution in [0.5, 0.6) is 0 Å². The largest absolute Gasteiger partial charge is 0.480 e. The van der Waals surface area contributed by atoms with Gasteiger partial charge in [0.05, 0.1) is 10.9 Å². The first-order valence-electron chi connectivity index (χ1n) is 8.65. The number of rotatable bonds is 5. The lowest BCUT2D eigenvalue weighted by atomic mass is 10.1. The van der Waals surface area contributed by atoms with Gasteiger partial charge in [-0.2, -0.15) is 4.98 Å². The number of hydrogen-bond donors (Lipinski definition) is 1. The third kappa shape index (κ3) is 2.90. The van der Waals surface area contributed by atoms with Crippen molar-refractivity contribution >= 4 is 23.2 Å². The zero-order valence-corrected chi connectivity index (χ0v) is 15.2. The van der Waals surface area contributed by atoms with Crippen LogP contribution in [0.1, 0.15) is 31.7 Å². The van der Waals surface area contributed by atoms with Crippen molar-refractivity contribution in [3.8, 4) is 10.7 Å². The van der Waals surface area contributed by atoms with Gasteiger partial charge < -0.3 is 14.5 Å². The minimum absolute atomic E-state index is 0.0529. The fraction of sp³-hybridized carbons (Fsp3) is 0.529. The van der Waals surface area contributed by atoms with E-state index in [4.69, 9.17) is 4.52 Å². The normalized spacial score (nSPS) is 20.7. The summed E-state index contributed by atoms with van der Waals surface area (Å²) in [5.41, 5.74) is -1.16. The van der Waals surface area contributed by atoms with Gasteiger partial charge in [0.25, 0.3) is 0 Å². The molecule has 0 spiro atoms. The van der Waals surface area contributed by atoms with Gasteiger partial charge in [-0.25, -0.2) is 0 Å². The maximum atomic E-state index is 12.5. The molecule has 0 radical (unpaired) electrons. The smallest absolute Gasteiger partial charge is 0.319 e. The Kier molecular flexibility index (Phi) is 4.28. The first-order chi connectivity index (χ1) is 12.5.